The number of anilines is 2. The summed E-state index contributed by atoms with van der Waals surface area (Å²) in [6, 6.07) is 17.7. The van der Waals surface area contributed by atoms with Crippen LogP contribution < -0.4 is 16.0 Å². The predicted molar refractivity (Wildman–Crippen MR) is 251 cm³/mol. The summed E-state index contributed by atoms with van der Waals surface area (Å²) in [4.78, 5) is 45.2. The Bertz CT molecular complexity index is 2750. The summed E-state index contributed by atoms with van der Waals surface area (Å²) in [6.45, 7) is 11.5. The van der Waals surface area contributed by atoms with Gasteiger partial charge in [0.05, 0.1) is 23.6 Å². The van der Waals surface area contributed by atoms with Crippen molar-refractivity contribution in [2.45, 2.75) is 117 Å². The van der Waals surface area contributed by atoms with Crippen molar-refractivity contribution in [3.63, 3.8) is 0 Å². The Morgan fingerprint density at radius 2 is 1.12 bits per heavy atom. The average Bonchev–Trinajstić information content (AvgIpc) is 4.16. The van der Waals surface area contributed by atoms with Crippen molar-refractivity contribution in [3.8, 4) is 22.3 Å². The van der Waals surface area contributed by atoms with Crippen LogP contribution in [0.15, 0.2) is 85.7 Å². The molecule has 0 bridgehead atoms. The first-order valence-electron chi connectivity index (χ1n) is 22.9. The van der Waals surface area contributed by atoms with Gasteiger partial charge >= 0.3 is 0 Å². The quantitative estimate of drug-likeness (QED) is 0.119. The van der Waals surface area contributed by atoms with Gasteiger partial charge < -0.3 is 20.9 Å². The second-order valence-electron chi connectivity index (χ2n) is 18.3. The first-order chi connectivity index (χ1) is 32.0. The molecule has 4 N–H and O–H groups in total. The number of nitrogens with one attached hydrogen (secondary N) is 4. The van der Waals surface area contributed by atoms with Crippen LogP contribution in [0.1, 0.15) is 79.6 Å². The zero-order valence-electron chi connectivity index (χ0n) is 38.3. The van der Waals surface area contributed by atoms with Crippen molar-refractivity contribution >= 4 is 23.7 Å². The fourth-order valence-electron chi connectivity index (χ4n) is 9.02. The van der Waals surface area contributed by atoms with Crippen molar-refractivity contribution < 1.29 is 9.59 Å². The molecule has 0 saturated heterocycles. The molecule has 0 saturated carbocycles. The molecule has 10 rings (SSSR count). The number of fused-ring (bicyclic) bond motifs is 3. The molecular weight excluding hydrogens is 831 g/mol. The summed E-state index contributed by atoms with van der Waals surface area (Å²) in [5.74, 6) is 1.22. The lowest BCUT2D eigenvalue weighted by molar-refractivity contribution is -0.133. The lowest BCUT2D eigenvalue weighted by Gasteiger charge is -2.25. The van der Waals surface area contributed by atoms with Gasteiger partial charge in [0.25, 0.3) is 0 Å². The average molecular weight is 888 g/mol. The third-order valence-electron chi connectivity index (χ3n) is 12.2. The molecule has 2 aromatic carbocycles. The molecule has 66 heavy (non-hydrogen) atoms. The number of carbonyl (C=O) groups excluding carboxylic acids is 2. The Morgan fingerprint density at radius 3 is 1.58 bits per heavy atom. The highest BCUT2D eigenvalue weighted by Crippen LogP contribution is 2.28. The van der Waals surface area contributed by atoms with Crippen LogP contribution in [0.25, 0.3) is 22.3 Å². The van der Waals surface area contributed by atoms with E-state index in [1.165, 1.54) is 22.3 Å². The summed E-state index contributed by atoms with van der Waals surface area (Å²) < 4.78 is 3.41. The van der Waals surface area contributed by atoms with Crippen LogP contribution in [-0.2, 0) is 74.2 Å². The molecule has 5 aromatic heterocycles. The van der Waals surface area contributed by atoms with Crippen molar-refractivity contribution in [1.29, 1.82) is 0 Å². The fraction of sp³-hybridized carbons (Fsp3) is 0.388. The Balaban J connectivity index is 0.000000167. The van der Waals surface area contributed by atoms with Gasteiger partial charge in [0, 0.05) is 90.0 Å². The van der Waals surface area contributed by atoms with Crippen LogP contribution in [0.5, 0.6) is 0 Å². The Morgan fingerprint density at radius 1 is 0.667 bits per heavy atom. The Hall–Kier alpha value is -7.30. The summed E-state index contributed by atoms with van der Waals surface area (Å²) >= 11 is 0. The van der Waals surface area contributed by atoms with Gasteiger partial charge in [-0.05, 0) is 81.5 Å². The lowest BCUT2D eigenvalue weighted by atomic mass is 10.1. The van der Waals surface area contributed by atoms with E-state index < -0.39 is 0 Å². The highest BCUT2D eigenvalue weighted by molar-refractivity contribution is 5.77. The van der Waals surface area contributed by atoms with Gasteiger partial charge in [-0.25, -0.2) is 19.9 Å². The molecule has 0 atom stereocenters. The van der Waals surface area contributed by atoms with E-state index in [2.05, 4.69) is 124 Å². The lowest BCUT2D eigenvalue weighted by Crippen LogP contribution is -2.42. The molecule has 7 aromatic rings. The third-order valence-corrected chi connectivity index (χ3v) is 12.2. The highest BCUT2D eigenvalue weighted by atomic mass is 16.2. The largest absolute Gasteiger partial charge is 0.351 e. The monoisotopic (exact) mass is 887 g/mol. The number of nitrogens with zero attached hydrogens (tertiary/aromatic N) is 11. The molecule has 17 nitrogen and oxygen atoms in total. The molecule has 0 radical (unpaired) electrons. The number of amides is 2. The zero-order valence-corrected chi connectivity index (χ0v) is 38.3. The van der Waals surface area contributed by atoms with Crippen LogP contribution in [0.3, 0.4) is 0 Å². The minimum atomic E-state index is -0.266. The van der Waals surface area contributed by atoms with E-state index in [-0.39, 0.29) is 30.4 Å². The van der Waals surface area contributed by atoms with Crippen LogP contribution in [0, 0.1) is 0 Å². The van der Waals surface area contributed by atoms with Crippen LogP contribution in [0.2, 0.25) is 0 Å². The maximum absolute atomic E-state index is 12.9. The number of aromatic amines is 1. The van der Waals surface area contributed by atoms with Gasteiger partial charge in [-0.3, -0.25) is 19.0 Å². The molecular formula is C49H57N15O2. The number of hydrogen-bond acceptors (Lipinski definition) is 12. The van der Waals surface area contributed by atoms with Gasteiger partial charge in [-0.1, -0.05) is 62.4 Å². The normalized spacial score (nSPS) is 14.5. The fourth-order valence-corrected chi connectivity index (χ4v) is 9.02. The molecule has 0 unspecified atom stereocenters. The van der Waals surface area contributed by atoms with Gasteiger partial charge in [0.1, 0.15) is 18.8 Å². The summed E-state index contributed by atoms with van der Waals surface area (Å²) in [6.07, 6.45) is 17.3. The van der Waals surface area contributed by atoms with Crippen molar-refractivity contribution in [2.24, 2.45) is 0 Å². The van der Waals surface area contributed by atoms with E-state index in [1.54, 1.807) is 9.36 Å². The van der Waals surface area contributed by atoms with E-state index >= 15 is 0 Å². The summed E-state index contributed by atoms with van der Waals surface area (Å²) in [7, 11) is 0. The third kappa shape index (κ3) is 10.3. The molecule has 17 heteroatoms. The van der Waals surface area contributed by atoms with Gasteiger partial charge in [-0.15, -0.1) is 0 Å². The second kappa shape index (κ2) is 19.0. The van der Waals surface area contributed by atoms with Crippen LogP contribution >= 0.6 is 0 Å². The topological polar surface area (TPSA) is 202 Å². The molecule has 3 aliphatic rings. The van der Waals surface area contributed by atoms with Crippen molar-refractivity contribution in [3.05, 3.63) is 131 Å². The van der Waals surface area contributed by atoms with E-state index in [4.69, 9.17) is 0 Å². The minimum absolute atomic E-state index is 0.0173. The van der Waals surface area contributed by atoms with Gasteiger partial charge in [0.15, 0.2) is 0 Å². The number of benzene rings is 2. The minimum Gasteiger partial charge on any atom is -0.351 e. The number of carbonyl (C=O) groups is 2. The van der Waals surface area contributed by atoms with E-state index in [0.29, 0.717) is 43.5 Å². The smallest absolute Gasteiger partial charge is 0.244 e. The number of H-pyrrole nitrogens is 1. The number of hydrogen-bond donors (Lipinski definition) is 4. The standard InChI is InChI=1S/C25H27N9O.C24H30N6O/c1-2-21-20(13-34(31-21)15-24(35)33-8-7-22-23(14-33)30-32-29-22)18-11-26-25(27-12-18)28-19-9-16-5-3-4-6-17(16)10-19;1-5-21-20(14-30(29-21)15-22(31)28-24(2,3)4)18-12-25-23(26-13-18)27-19-10-16-8-6-7-9-17(16)11-19/h3-6,11-13,19H,2,7-10,14-15H2,1H3,(H,26,27,28)(H,29,30,32);6-9,12-14,19H,5,10-11,15H2,1-4H3,(H,28,31)(H,25,26,27). The van der Waals surface area contributed by atoms with Crippen LogP contribution in [-0.4, -0.2) is 95.8 Å². The zero-order chi connectivity index (χ0) is 45.8. The number of aromatic nitrogens is 11. The molecule has 340 valence electrons. The maximum atomic E-state index is 12.9. The summed E-state index contributed by atoms with van der Waals surface area (Å²) in [5, 5.41) is 30.1. The van der Waals surface area contributed by atoms with Gasteiger partial charge in [0.2, 0.25) is 23.7 Å². The first kappa shape index (κ1) is 43.9. The number of rotatable bonds is 12. The van der Waals surface area contributed by atoms with E-state index in [9.17, 15) is 9.59 Å². The molecule has 2 amide bonds. The molecule has 0 spiro atoms. The second-order valence-corrected chi connectivity index (χ2v) is 18.3. The Labute approximate surface area is 384 Å². The maximum Gasteiger partial charge on any atom is 0.244 e. The van der Waals surface area contributed by atoms with E-state index in [0.717, 1.165) is 83.6 Å². The molecule has 0 fully saturated rings. The Kier molecular flexibility index (Phi) is 12.7. The molecule has 6 heterocycles. The van der Waals surface area contributed by atoms with Crippen LogP contribution in [0.4, 0.5) is 11.9 Å². The first-order valence-corrected chi connectivity index (χ1v) is 22.9. The number of aryl methyl sites for hydroxylation is 2. The van der Waals surface area contributed by atoms with E-state index in [1.807, 2.05) is 62.9 Å². The van der Waals surface area contributed by atoms with Crippen molar-refractivity contribution in [1.82, 2.24) is 65.1 Å². The summed E-state index contributed by atoms with van der Waals surface area (Å²) in [5.41, 5.74) is 12.7. The van der Waals surface area contributed by atoms with Crippen molar-refractivity contribution in [2.75, 3.05) is 17.2 Å². The molecule has 1 aliphatic heterocycles. The predicted octanol–water partition coefficient (Wildman–Crippen LogP) is 5.58. The van der Waals surface area contributed by atoms with Gasteiger partial charge in [-0.2, -0.15) is 25.6 Å². The highest BCUT2D eigenvalue weighted by Gasteiger charge is 2.26. The molecule has 2 aliphatic carbocycles. The SMILES string of the molecule is CCc1nn(CC(=O)N2CCc3n[nH]nc3C2)cc1-c1cnc(NC2Cc3ccccc3C2)nc1.CCc1nn(CC(=O)NC(C)(C)C)cc1-c1cnc(NC2Cc3ccccc3C2)nc1.